The predicted molar refractivity (Wildman–Crippen MR) is 90.1 cm³/mol. The van der Waals surface area contributed by atoms with E-state index in [0.29, 0.717) is 19.6 Å². The number of amides is 1. The second-order valence-electron chi connectivity index (χ2n) is 6.14. The highest BCUT2D eigenvalue weighted by Gasteiger charge is 2.34. The first-order chi connectivity index (χ1) is 12.8. The molecule has 8 heteroatoms. The van der Waals surface area contributed by atoms with E-state index < -0.39 is 23.3 Å². The van der Waals surface area contributed by atoms with Gasteiger partial charge in [0, 0.05) is 18.4 Å². The molecule has 1 N–H and O–H groups in total. The minimum Gasteiger partial charge on any atom is -0.454 e. The number of nitrogens with one attached hydrogen (secondary N) is 1. The standard InChI is InChI=1S/C19H17F4NO3/c20-15-10-13(24-18(25)12-4-3-9-26-11-12)7-8-17(15)27-16-6-2-1-5-14(16)19(21,22)23/h1-2,5-8,10,12H,3-4,9,11H2,(H,24,25)/t12-/m0/s1. The highest BCUT2D eigenvalue weighted by molar-refractivity contribution is 5.92. The van der Waals surface area contributed by atoms with Crippen molar-refractivity contribution in [1.82, 2.24) is 0 Å². The van der Waals surface area contributed by atoms with Crippen molar-refractivity contribution >= 4 is 11.6 Å². The Morgan fingerprint density at radius 1 is 1.15 bits per heavy atom. The van der Waals surface area contributed by atoms with E-state index in [4.69, 9.17) is 9.47 Å². The number of benzene rings is 2. The van der Waals surface area contributed by atoms with E-state index in [2.05, 4.69) is 5.32 Å². The fourth-order valence-electron chi connectivity index (χ4n) is 2.76. The van der Waals surface area contributed by atoms with E-state index in [1.54, 1.807) is 0 Å². The molecule has 0 unspecified atom stereocenters. The van der Waals surface area contributed by atoms with Gasteiger partial charge < -0.3 is 14.8 Å². The molecule has 1 saturated heterocycles. The van der Waals surface area contributed by atoms with E-state index in [-0.39, 0.29) is 23.3 Å². The van der Waals surface area contributed by atoms with Crippen LogP contribution in [0.2, 0.25) is 0 Å². The Kier molecular flexibility index (Phi) is 5.65. The Labute approximate surface area is 153 Å². The van der Waals surface area contributed by atoms with Crippen molar-refractivity contribution in [3.63, 3.8) is 0 Å². The summed E-state index contributed by atoms with van der Waals surface area (Å²) < 4.78 is 63.6. The highest BCUT2D eigenvalue weighted by atomic mass is 19.4. The molecule has 1 amide bonds. The topological polar surface area (TPSA) is 47.6 Å². The third-order valence-corrected chi connectivity index (χ3v) is 4.14. The van der Waals surface area contributed by atoms with Crippen LogP contribution in [0.25, 0.3) is 0 Å². The van der Waals surface area contributed by atoms with Crippen LogP contribution in [0.3, 0.4) is 0 Å². The van der Waals surface area contributed by atoms with Crippen LogP contribution in [0.4, 0.5) is 23.2 Å². The summed E-state index contributed by atoms with van der Waals surface area (Å²) in [5.74, 6) is -2.35. The minimum atomic E-state index is -4.62. The second-order valence-corrected chi connectivity index (χ2v) is 6.14. The van der Waals surface area contributed by atoms with Gasteiger partial charge in [0.05, 0.1) is 18.1 Å². The number of hydrogen-bond donors (Lipinski definition) is 1. The molecule has 2 aromatic carbocycles. The number of halogens is 4. The number of carbonyl (C=O) groups excluding carboxylic acids is 1. The Hall–Kier alpha value is -2.61. The molecule has 4 nitrogen and oxygen atoms in total. The maximum Gasteiger partial charge on any atom is 0.419 e. The van der Waals surface area contributed by atoms with Gasteiger partial charge in [0.2, 0.25) is 5.91 Å². The molecule has 3 rings (SSSR count). The fourth-order valence-corrected chi connectivity index (χ4v) is 2.76. The lowest BCUT2D eigenvalue weighted by molar-refractivity contribution is -0.138. The summed E-state index contributed by atoms with van der Waals surface area (Å²) in [6.45, 7) is 0.924. The van der Waals surface area contributed by atoms with E-state index in [1.165, 1.54) is 24.3 Å². The van der Waals surface area contributed by atoms with Crippen molar-refractivity contribution in [3.8, 4) is 11.5 Å². The summed E-state index contributed by atoms with van der Waals surface area (Å²) in [4.78, 5) is 12.1. The van der Waals surface area contributed by atoms with Crippen molar-refractivity contribution in [2.45, 2.75) is 19.0 Å². The molecule has 1 aliphatic rings. The summed E-state index contributed by atoms with van der Waals surface area (Å²) in [6, 6.07) is 8.11. The number of anilines is 1. The third-order valence-electron chi connectivity index (χ3n) is 4.14. The van der Waals surface area contributed by atoms with E-state index in [0.717, 1.165) is 24.6 Å². The number of rotatable bonds is 4. The zero-order valence-electron chi connectivity index (χ0n) is 14.2. The zero-order valence-corrected chi connectivity index (χ0v) is 14.2. The monoisotopic (exact) mass is 383 g/mol. The van der Waals surface area contributed by atoms with Crippen molar-refractivity contribution in [2.24, 2.45) is 5.92 Å². The summed E-state index contributed by atoms with van der Waals surface area (Å²) in [6.07, 6.45) is -3.16. The van der Waals surface area contributed by atoms with Gasteiger partial charge in [-0.15, -0.1) is 0 Å². The quantitative estimate of drug-likeness (QED) is 0.756. The minimum absolute atomic E-state index is 0.194. The van der Waals surface area contributed by atoms with Gasteiger partial charge in [-0.3, -0.25) is 4.79 Å². The van der Waals surface area contributed by atoms with E-state index in [1.807, 2.05) is 0 Å². The van der Waals surface area contributed by atoms with Gasteiger partial charge in [0.1, 0.15) is 5.75 Å². The SMILES string of the molecule is O=C(Nc1ccc(Oc2ccccc2C(F)(F)F)c(F)c1)[C@H]1CCCOC1. The molecule has 1 atom stereocenters. The molecule has 2 aromatic rings. The number of ether oxygens (including phenoxy) is 2. The van der Waals surface area contributed by atoms with Crippen LogP contribution in [0, 0.1) is 11.7 Å². The van der Waals surface area contributed by atoms with Gasteiger partial charge in [-0.05, 0) is 37.1 Å². The van der Waals surface area contributed by atoms with Gasteiger partial charge in [-0.2, -0.15) is 13.2 Å². The summed E-state index contributed by atoms with van der Waals surface area (Å²) in [5, 5.41) is 2.58. The van der Waals surface area contributed by atoms with Crippen molar-refractivity contribution in [3.05, 3.63) is 53.8 Å². The first-order valence-corrected chi connectivity index (χ1v) is 8.37. The Bertz CT molecular complexity index is 817. The third kappa shape index (κ3) is 4.77. The molecule has 0 aromatic heterocycles. The summed E-state index contributed by atoms with van der Waals surface area (Å²) in [5.41, 5.74) is -0.807. The van der Waals surface area contributed by atoms with Crippen molar-refractivity contribution in [1.29, 1.82) is 0 Å². The Balaban J connectivity index is 1.73. The molecule has 1 heterocycles. The first kappa shape index (κ1) is 19.2. The van der Waals surface area contributed by atoms with Crippen LogP contribution in [-0.4, -0.2) is 19.1 Å². The maximum atomic E-state index is 14.3. The van der Waals surface area contributed by atoms with Crippen molar-refractivity contribution < 1.29 is 31.8 Å². The molecule has 0 bridgehead atoms. The maximum absolute atomic E-state index is 14.3. The van der Waals surface area contributed by atoms with Gasteiger partial charge in [0.25, 0.3) is 0 Å². The molecule has 0 spiro atoms. The molecule has 1 fully saturated rings. The summed E-state index contributed by atoms with van der Waals surface area (Å²) >= 11 is 0. The molecule has 27 heavy (non-hydrogen) atoms. The lowest BCUT2D eigenvalue weighted by atomic mass is 10.0. The van der Waals surface area contributed by atoms with Crippen LogP contribution >= 0.6 is 0 Å². The van der Waals surface area contributed by atoms with Crippen molar-refractivity contribution in [2.75, 3.05) is 18.5 Å². The lowest BCUT2D eigenvalue weighted by Crippen LogP contribution is -2.30. The molecule has 144 valence electrons. The van der Waals surface area contributed by atoms with Crippen LogP contribution in [-0.2, 0) is 15.7 Å². The molecule has 0 aliphatic carbocycles. The Morgan fingerprint density at radius 2 is 1.93 bits per heavy atom. The largest absolute Gasteiger partial charge is 0.454 e. The van der Waals surface area contributed by atoms with Crippen LogP contribution in [0.15, 0.2) is 42.5 Å². The van der Waals surface area contributed by atoms with Gasteiger partial charge in [-0.25, -0.2) is 4.39 Å². The zero-order chi connectivity index (χ0) is 19.4. The van der Waals surface area contributed by atoms with Crippen LogP contribution in [0.5, 0.6) is 11.5 Å². The number of para-hydroxylation sites is 1. The average molecular weight is 383 g/mol. The normalized spacial score (nSPS) is 17.4. The predicted octanol–water partition coefficient (Wildman–Crippen LogP) is 5.00. The van der Waals surface area contributed by atoms with Gasteiger partial charge >= 0.3 is 6.18 Å². The summed E-state index contributed by atoms with van der Waals surface area (Å²) in [7, 11) is 0. The van der Waals surface area contributed by atoms with Gasteiger partial charge in [0.15, 0.2) is 11.6 Å². The molecular weight excluding hydrogens is 366 g/mol. The molecule has 0 radical (unpaired) electrons. The first-order valence-electron chi connectivity index (χ1n) is 8.37. The molecule has 0 saturated carbocycles. The molecule has 1 aliphatic heterocycles. The smallest absolute Gasteiger partial charge is 0.419 e. The van der Waals surface area contributed by atoms with E-state index >= 15 is 0 Å². The lowest BCUT2D eigenvalue weighted by Gasteiger charge is -2.21. The fraction of sp³-hybridized carbons (Fsp3) is 0.316. The Morgan fingerprint density at radius 3 is 2.59 bits per heavy atom. The van der Waals surface area contributed by atoms with Gasteiger partial charge in [-0.1, -0.05) is 12.1 Å². The van der Waals surface area contributed by atoms with Crippen LogP contribution in [0.1, 0.15) is 18.4 Å². The second kappa shape index (κ2) is 7.96. The number of alkyl halides is 3. The number of carbonyl (C=O) groups is 1. The number of hydrogen-bond acceptors (Lipinski definition) is 3. The van der Waals surface area contributed by atoms with E-state index in [9.17, 15) is 22.4 Å². The molecular formula is C19H17F4NO3. The average Bonchev–Trinajstić information content (AvgIpc) is 2.64. The highest BCUT2D eigenvalue weighted by Crippen LogP contribution is 2.38. The van der Waals surface area contributed by atoms with Crippen LogP contribution < -0.4 is 10.1 Å².